The number of hydrazone groups is 1. The first-order valence-corrected chi connectivity index (χ1v) is 9.78. The molecule has 4 rings (SSSR count). The summed E-state index contributed by atoms with van der Waals surface area (Å²) in [5.74, 6) is 0.0220. The summed E-state index contributed by atoms with van der Waals surface area (Å²) < 4.78 is 0. The molecular weight excluding hydrogens is 368 g/mol. The molecule has 1 fully saturated rings. The highest BCUT2D eigenvalue weighted by Gasteiger charge is 2.34. The maximum absolute atomic E-state index is 11.2. The van der Waals surface area contributed by atoms with E-state index in [0.29, 0.717) is 12.8 Å². The number of rotatable bonds is 3. The van der Waals surface area contributed by atoms with Gasteiger partial charge in [-0.15, -0.1) is 0 Å². The van der Waals surface area contributed by atoms with Crippen molar-refractivity contribution in [3.63, 3.8) is 0 Å². The normalized spacial score (nSPS) is 24.4. The molecule has 0 radical (unpaired) electrons. The van der Waals surface area contributed by atoms with Crippen molar-refractivity contribution in [1.29, 1.82) is 0 Å². The molecule has 1 amide bonds. The molecule has 1 aliphatic heterocycles. The quantitative estimate of drug-likeness (QED) is 0.635. The van der Waals surface area contributed by atoms with Crippen molar-refractivity contribution in [2.45, 2.75) is 37.8 Å². The van der Waals surface area contributed by atoms with Crippen molar-refractivity contribution < 1.29 is 9.90 Å². The molecule has 1 aliphatic carbocycles. The third-order valence-electron chi connectivity index (χ3n) is 5.55. The highest BCUT2D eigenvalue weighted by Crippen LogP contribution is 2.36. The van der Waals surface area contributed by atoms with Gasteiger partial charge in [-0.1, -0.05) is 12.1 Å². The minimum atomic E-state index is -1.04. The lowest BCUT2D eigenvalue weighted by Gasteiger charge is -2.34. The van der Waals surface area contributed by atoms with Gasteiger partial charge in [-0.25, -0.2) is 4.79 Å². The standard InChI is InChI=1S/C21H24N6O2/c22-15-9-7-13-14(8-10-16(15)25-21(28)29)20(18-6-2-4-12-24-18)27-26-19(13)17-5-1-3-11-23-17/h1-6,11-12,14-16,25-26H,7-10,22H2,(H,28,29)/t14?,15-,16+/m1/s1. The van der Waals surface area contributed by atoms with Crippen LogP contribution < -0.4 is 16.5 Å². The Morgan fingerprint density at radius 3 is 2.45 bits per heavy atom. The zero-order chi connectivity index (χ0) is 20.2. The molecular formula is C21H24N6O2. The van der Waals surface area contributed by atoms with E-state index in [1.807, 2.05) is 36.4 Å². The average molecular weight is 392 g/mol. The second-order valence-corrected chi connectivity index (χ2v) is 7.33. The van der Waals surface area contributed by atoms with Gasteiger partial charge in [-0.05, 0) is 55.5 Å². The summed E-state index contributed by atoms with van der Waals surface area (Å²) in [6, 6.07) is 11.0. The van der Waals surface area contributed by atoms with E-state index >= 15 is 0 Å². The van der Waals surface area contributed by atoms with Crippen LogP contribution in [0.4, 0.5) is 4.79 Å². The van der Waals surface area contributed by atoms with Crippen LogP contribution in [-0.4, -0.2) is 39.0 Å². The predicted molar refractivity (Wildman–Crippen MR) is 110 cm³/mol. The number of fused-ring (bicyclic) bond motifs is 1. The maximum Gasteiger partial charge on any atom is 0.404 e. The summed E-state index contributed by atoms with van der Waals surface area (Å²) >= 11 is 0. The molecule has 0 bridgehead atoms. The summed E-state index contributed by atoms with van der Waals surface area (Å²) in [5.41, 5.74) is 14.2. The molecule has 0 saturated heterocycles. The molecule has 3 heterocycles. The van der Waals surface area contributed by atoms with E-state index in [0.717, 1.165) is 35.6 Å². The fourth-order valence-electron chi connectivity index (χ4n) is 4.12. The van der Waals surface area contributed by atoms with E-state index in [4.69, 9.17) is 5.73 Å². The summed E-state index contributed by atoms with van der Waals surface area (Å²) in [6.07, 6.45) is 5.23. The van der Waals surface area contributed by atoms with Crippen molar-refractivity contribution in [3.05, 3.63) is 65.8 Å². The van der Waals surface area contributed by atoms with Crippen molar-refractivity contribution >= 4 is 17.5 Å². The lowest BCUT2D eigenvalue weighted by molar-refractivity contribution is 0.185. The summed E-state index contributed by atoms with van der Waals surface area (Å²) in [5, 5.41) is 16.4. The largest absolute Gasteiger partial charge is 0.465 e. The smallest absolute Gasteiger partial charge is 0.404 e. The molecule has 8 nitrogen and oxygen atoms in total. The fourth-order valence-corrected chi connectivity index (χ4v) is 4.12. The molecule has 1 unspecified atom stereocenters. The van der Waals surface area contributed by atoms with Crippen LogP contribution in [0.2, 0.25) is 0 Å². The van der Waals surface area contributed by atoms with Crippen LogP contribution in [0.5, 0.6) is 0 Å². The first kappa shape index (κ1) is 19.1. The number of allylic oxidation sites excluding steroid dienone is 1. The van der Waals surface area contributed by atoms with Crippen LogP contribution in [0.15, 0.2) is 59.5 Å². The molecule has 2 aromatic heterocycles. The van der Waals surface area contributed by atoms with Gasteiger partial charge in [0.1, 0.15) is 0 Å². The molecule has 0 spiro atoms. The minimum absolute atomic E-state index is 0.0220. The second-order valence-electron chi connectivity index (χ2n) is 7.33. The van der Waals surface area contributed by atoms with Gasteiger partial charge in [0, 0.05) is 30.4 Å². The Hall–Kier alpha value is -3.26. The highest BCUT2D eigenvalue weighted by atomic mass is 16.4. The first-order chi connectivity index (χ1) is 14.1. The topological polar surface area (TPSA) is 126 Å². The number of carbonyl (C=O) groups is 1. The van der Waals surface area contributed by atoms with Crippen LogP contribution in [0, 0.1) is 5.92 Å². The van der Waals surface area contributed by atoms with Gasteiger partial charge in [0.15, 0.2) is 0 Å². The Balaban J connectivity index is 1.72. The number of hydrogen-bond acceptors (Lipinski definition) is 6. The van der Waals surface area contributed by atoms with E-state index in [-0.39, 0.29) is 18.0 Å². The van der Waals surface area contributed by atoms with Crippen LogP contribution in [0.1, 0.15) is 37.1 Å². The van der Waals surface area contributed by atoms with Gasteiger partial charge in [0.25, 0.3) is 0 Å². The lowest BCUT2D eigenvalue weighted by atomic mass is 9.78. The molecule has 5 N–H and O–H groups in total. The minimum Gasteiger partial charge on any atom is -0.465 e. The third-order valence-corrected chi connectivity index (χ3v) is 5.55. The fraction of sp³-hybridized carbons (Fsp3) is 0.333. The maximum atomic E-state index is 11.2. The third kappa shape index (κ3) is 4.12. The SMILES string of the molecule is N[C@@H]1CCC2=C(c3ccccn3)NN=C(c3ccccn3)C2CC[C@@H]1NC(=O)O. The van der Waals surface area contributed by atoms with Gasteiger partial charge in [-0.3, -0.25) is 15.4 Å². The van der Waals surface area contributed by atoms with Crippen molar-refractivity contribution in [2.24, 2.45) is 16.8 Å². The van der Waals surface area contributed by atoms with Crippen molar-refractivity contribution in [1.82, 2.24) is 20.7 Å². The number of hydrogen-bond donors (Lipinski definition) is 4. The number of nitrogens with two attached hydrogens (primary N) is 1. The summed E-state index contributed by atoms with van der Waals surface area (Å²) in [6.45, 7) is 0. The van der Waals surface area contributed by atoms with Crippen molar-refractivity contribution in [2.75, 3.05) is 0 Å². The Morgan fingerprint density at radius 2 is 1.79 bits per heavy atom. The van der Waals surface area contributed by atoms with Crippen LogP contribution in [-0.2, 0) is 0 Å². The molecule has 0 aromatic carbocycles. The van der Waals surface area contributed by atoms with Gasteiger partial charge in [0.2, 0.25) is 0 Å². The summed E-state index contributed by atoms with van der Waals surface area (Å²) in [7, 11) is 0. The number of carboxylic acid groups (broad SMARTS) is 1. The van der Waals surface area contributed by atoms with Crippen LogP contribution in [0.3, 0.4) is 0 Å². The Morgan fingerprint density at radius 1 is 1.07 bits per heavy atom. The Bertz CT molecular complexity index is 929. The van der Waals surface area contributed by atoms with Crippen LogP contribution in [0.25, 0.3) is 5.70 Å². The number of pyridine rings is 2. The molecule has 2 aliphatic rings. The molecule has 3 atom stereocenters. The van der Waals surface area contributed by atoms with Crippen molar-refractivity contribution in [3.8, 4) is 0 Å². The van der Waals surface area contributed by atoms with E-state index < -0.39 is 6.09 Å². The Labute approximate surface area is 169 Å². The summed E-state index contributed by atoms with van der Waals surface area (Å²) in [4.78, 5) is 20.2. The van der Waals surface area contributed by atoms with E-state index in [2.05, 4.69) is 25.8 Å². The molecule has 29 heavy (non-hydrogen) atoms. The monoisotopic (exact) mass is 392 g/mol. The van der Waals surface area contributed by atoms with E-state index in [1.54, 1.807) is 12.4 Å². The molecule has 2 aromatic rings. The number of nitrogens with zero attached hydrogens (tertiary/aromatic N) is 3. The van der Waals surface area contributed by atoms with E-state index in [1.165, 1.54) is 5.57 Å². The van der Waals surface area contributed by atoms with Gasteiger partial charge in [0.05, 0.1) is 22.8 Å². The van der Waals surface area contributed by atoms with Gasteiger partial charge < -0.3 is 16.2 Å². The van der Waals surface area contributed by atoms with Crippen LogP contribution >= 0.6 is 0 Å². The van der Waals surface area contributed by atoms with Gasteiger partial charge in [-0.2, -0.15) is 5.10 Å². The number of nitrogens with one attached hydrogen (secondary N) is 2. The highest BCUT2D eigenvalue weighted by molar-refractivity contribution is 6.04. The molecule has 8 heteroatoms. The predicted octanol–water partition coefficient (Wildman–Crippen LogP) is 2.35. The molecule has 1 saturated carbocycles. The zero-order valence-corrected chi connectivity index (χ0v) is 16.0. The second kappa shape index (κ2) is 8.40. The van der Waals surface area contributed by atoms with Gasteiger partial charge >= 0.3 is 6.09 Å². The number of aromatic nitrogens is 2. The zero-order valence-electron chi connectivity index (χ0n) is 16.0. The molecule has 150 valence electrons. The Kier molecular flexibility index (Phi) is 5.53. The first-order valence-electron chi connectivity index (χ1n) is 9.78. The van der Waals surface area contributed by atoms with E-state index in [9.17, 15) is 9.90 Å². The number of amides is 1. The lowest BCUT2D eigenvalue weighted by Crippen LogP contribution is -2.49. The average Bonchev–Trinajstić information content (AvgIpc) is 2.74.